The molecule has 1 heterocycles. The topological polar surface area (TPSA) is 88.2 Å². The molecule has 0 radical (unpaired) electrons. The van der Waals surface area contributed by atoms with E-state index in [0.29, 0.717) is 34.7 Å². The normalized spacial score (nSPS) is 15.4. The molecule has 1 aliphatic rings. The van der Waals surface area contributed by atoms with E-state index in [-0.39, 0.29) is 6.54 Å². The van der Waals surface area contributed by atoms with Gasteiger partial charge >= 0.3 is 6.09 Å². The van der Waals surface area contributed by atoms with Gasteiger partial charge in [-0.1, -0.05) is 6.42 Å². The Morgan fingerprint density at radius 2 is 1.83 bits per heavy atom. The van der Waals surface area contributed by atoms with E-state index in [2.05, 4.69) is 5.32 Å². The number of ether oxygens (including phenoxy) is 1. The number of piperidine rings is 1. The van der Waals surface area contributed by atoms with Crippen molar-refractivity contribution in [2.45, 2.75) is 51.3 Å². The number of amides is 1. The first kappa shape index (κ1) is 23.4. The number of nitrogens with one attached hydrogen (secondary N) is 1. The molecule has 0 bridgehead atoms. The molecule has 0 aromatic heterocycles. The van der Waals surface area contributed by atoms with E-state index in [9.17, 15) is 13.2 Å². The number of sulfonamides is 1. The number of rotatable bonds is 8. The minimum absolute atomic E-state index is 0.288. The number of hydroxylamine groups is 2. The van der Waals surface area contributed by atoms with Crippen LogP contribution in [0.25, 0.3) is 0 Å². The summed E-state index contributed by atoms with van der Waals surface area (Å²) in [4.78, 5) is 17.4. The molecule has 2 rings (SSSR count). The van der Waals surface area contributed by atoms with Crippen LogP contribution < -0.4 is 10.1 Å². The number of benzene rings is 1. The Kier molecular flexibility index (Phi) is 8.30. The average molecular weight is 428 g/mol. The summed E-state index contributed by atoms with van der Waals surface area (Å²) >= 11 is 0. The van der Waals surface area contributed by atoms with E-state index in [1.807, 2.05) is 6.92 Å². The third kappa shape index (κ3) is 5.83. The van der Waals surface area contributed by atoms with Crippen LogP contribution in [0.3, 0.4) is 0 Å². The van der Waals surface area contributed by atoms with Gasteiger partial charge in [-0.15, -0.1) is 5.06 Å². The second-order valence-electron chi connectivity index (χ2n) is 7.45. The van der Waals surface area contributed by atoms with Gasteiger partial charge in [0.2, 0.25) is 10.0 Å². The molecule has 0 saturated carbocycles. The van der Waals surface area contributed by atoms with Crippen LogP contribution in [-0.4, -0.2) is 64.2 Å². The summed E-state index contributed by atoms with van der Waals surface area (Å²) < 4.78 is 32.8. The van der Waals surface area contributed by atoms with Gasteiger partial charge in [-0.05, 0) is 62.8 Å². The van der Waals surface area contributed by atoms with Crippen LogP contribution in [-0.2, 0) is 14.9 Å². The molecular formula is C20H33N3O5S. The molecule has 164 valence electrons. The molecule has 0 aliphatic carbocycles. The summed E-state index contributed by atoms with van der Waals surface area (Å²) in [7, 11) is -0.516. The third-order valence-corrected chi connectivity index (χ3v) is 7.46. The molecule has 1 saturated heterocycles. The highest BCUT2D eigenvalue weighted by Gasteiger charge is 2.26. The molecular weight excluding hydrogens is 394 g/mol. The number of carbonyl (C=O) groups excluding carboxylic acids is 1. The minimum atomic E-state index is -3.65. The van der Waals surface area contributed by atoms with Crippen LogP contribution in [0, 0.1) is 20.8 Å². The van der Waals surface area contributed by atoms with Crippen LogP contribution in [0.15, 0.2) is 11.0 Å². The number of methoxy groups -OCH3 is 1. The van der Waals surface area contributed by atoms with Crippen molar-refractivity contribution in [1.29, 1.82) is 0 Å². The fourth-order valence-corrected chi connectivity index (χ4v) is 5.19. The highest BCUT2D eigenvalue weighted by Crippen LogP contribution is 2.31. The summed E-state index contributed by atoms with van der Waals surface area (Å²) in [5, 5.41) is 4.36. The minimum Gasteiger partial charge on any atom is -0.496 e. The Morgan fingerprint density at radius 3 is 2.45 bits per heavy atom. The fraction of sp³-hybridized carbons (Fsp3) is 0.650. The lowest BCUT2D eigenvalue weighted by atomic mass is 10.1. The summed E-state index contributed by atoms with van der Waals surface area (Å²) in [5.41, 5.74) is 2.16. The van der Waals surface area contributed by atoms with E-state index < -0.39 is 16.1 Å². The van der Waals surface area contributed by atoms with Crippen LogP contribution in [0.2, 0.25) is 0 Å². The van der Waals surface area contributed by atoms with Crippen molar-refractivity contribution in [3.05, 3.63) is 22.8 Å². The van der Waals surface area contributed by atoms with Gasteiger partial charge in [-0.25, -0.2) is 17.5 Å². The standard InChI is InChI=1S/C20H33N3O5S/c1-15-14-18(27-5)16(2)17(3)19(15)29(25,26)22(4)11-9-10-21-20(24)28-23-12-7-6-8-13-23/h14H,6-13H2,1-5H3,(H,21,24). The Balaban J connectivity index is 1.90. The molecule has 1 aromatic rings. The van der Waals surface area contributed by atoms with E-state index in [0.717, 1.165) is 37.9 Å². The Hall–Kier alpha value is -1.84. The van der Waals surface area contributed by atoms with Crippen molar-refractivity contribution in [2.75, 3.05) is 40.3 Å². The lowest BCUT2D eigenvalue weighted by Gasteiger charge is -2.25. The first-order valence-corrected chi connectivity index (χ1v) is 11.4. The Labute approximate surface area is 174 Å². The van der Waals surface area contributed by atoms with Crippen molar-refractivity contribution in [3.8, 4) is 5.75 Å². The summed E-state index contributed by atoms with van der Waals surface area (Å²) in [6.45, 7) is 7.56. The Morgan fingerprint density at radius 1 is 1.17 bits per heavy atom. The van der Waals surface area contributed by atoms with Crippen LogP contribution in [0.4, 0.5) is 4.79 Å². The number of hydrogen-bond donors (Lipinski definition) is 1. The largest absolute Gasteiger partial charge is 0.496 e. The summed E-state index contributed by atoms with van der Waals surface area (Å²) in [6.07, 6.45) is 3.21. The zero-order valence-corrected chi connectivity index (χ0v) is 18.9. The number of nitrogens with zero attached hydrogens (tertiary/aromatic N) is 2. The first-order valence-electron chi connectivity index (χ1n) is 10.0. The molecule has 0 spiro atoms. The van der Waals surface area contributed by atoms with Crippen molar-refractivity contribution in [1.82, 2.24) is 14.7 Å². The molecule has 9 heteroatoms. The van der Waals surface area contributed by atoms with E-state index in [4.69, 9.17) is 9.57 Å². The molecule has 1 amide bonds. The highest BCUT2D eigenvalue weighted by molar-refractivity contribution is 7.89. The molecule has 1 N–H and O–H groups in total. The molecule has 0 atom stereocenters. The first-order chi connectivity index (χ1) is 13.7. The maximum absolute atomic E-state index is 13.1. The fourth-order valence-electron chi connectivity index (χ4n) is 3.50. The van der Waals surface area contributed by atoms with Gasteiger partial charge in [0.1, 0.15) is 5.75 Å². The van der Waals surface area contributed by atoms with E-state index >= 15 is 0 Å². The van der Waals surface area contributed by atoms with Crippen LogP contribution in [0.1, 0.15) is 42.4 Å². The lowest BCUT2D eigenvalue weighted by Crippen LogP contribution is -2.38. The van der Waals surface area contributed by atoms with E-state index in [1.54, 1.807) is 39.1 Å². The predicted octanol–water partition coefficient (Wildman–Crippen LogP) is 2.76. The van der Waals surface area contributed by atoms with Gasteiger partial charge < -0.3 is 14.9 Å². The zero-order valence-electron chi connectivity index (χ0n) is 18.1. The van der Waals surface area contributed by atoms with Crippen molar-refractivity contribution in [3.63, 3.8) is 0 Å². The summed E-state index contributed by atoms with van der Waals surface area (Å²) in [5.74, 6) is 0.679. The van der Waals surface area contributed by atoms with Gasteiger partial charge in [0.05, 0.1) is 12.0 Å². The number of aryl methyl sites for hydroxylation is 1. The quantitative estimate of drug-likeness (QED) is 0.642. The zero-order chi connectivity index (χ0) is 21.6. The second kappa shape index (κ2) is 10.3. The van der Waals surface area contributed by atoms with Gasteiger partial charge in [0.15, 0.2) is 0 Å². The highest BCUT2D eigenvalue weighted by atomic mass is 32.2. The Bertz CT molecular complexity index is 820. The predicted molar refractivity (Wildman–Crippen MR) is 112 cm³/mol. The lowest BCUT2D eigenvalue weighted by molar-refractivity contribution is -0.110. The molecule has 1 aromatic carbocycles. The van der Waals surface area contributed by atoms with Crippen LogP contribution in [0.5, 0.6) is 5.75 Å². The monoisotopic (exact) mass is 427 g/mol. The van der Waals surface area contributed by atoms with Gasteiger partial charge in [0, 0.05) is 33.2 Å². The maximum Gasteiger partial charge on any atom is 0.426 e. The SMILES string of the molecule is COc1cc(C)c(S(=O)(=O)N(C)CCCNC(=O)ON2CCCCC2)c(C)c1C. The third-order valence-electron chi connectivity index (χ3n) is 5.31. The smallest absolute Gasteiger partial charge is 0.426 e. The number of carbonyl (C=O) groups is 1. The molecule has 0 unspecified atom stereocenters. The van der Waals surface area contributed by atoms with Gasteiger partial charge in [-0.2, -0.15) is 0 Å². The molecule has 29 heavy (non-hydrogen) atoms. The average Bonchev–Trinajstić information content (AvgIpc) is 2.68. The molecule has 1 aliphatic heterocycles. The molecule has 8 nitrogen and oxygen atoms in total. The number of hydrogen-bond acceptors (Lipinski definition) is 6. The van der Waals surface area contributed by atoms with Gasteiger partial charge in [-0.3, -0.25) is 0 Å². The van der Waals surface area contributed by atoms with Crippen LogP contribution >= 0.6 is 0 Å². The van der Waals surface area contributed by atoms with Crippen molar-refractivity contribution in [2.24, 2.45) is 0 Å². The summed E-state index contributed by atoms with van der Waals surface area (Å²) in [6, 6.07) is 1.75. The van der Waals surface area contributed by atoms with Gasteiger partial charge in [0.25, 0.3) is 0 Å². The second-order valence-corrected chi connectivity index (χ2v) is 9.43. The van der Waals surface area contributed by atoms with Crippen molar-refractivity contribution >= 4 is 16.1 Å². The van der Waals surface area contributed by atoms with E-state index in [1.165, 1.54) is 4.31 Å². The van der Waals surface area contributed by atoms with Crippen molar-refractivity contribution < 1.29 is 22.8 Å². The maximum atomic E-state index is 13.1. The molecule has 1 fully saturated rings.